The first-order chi connectivity index (χ1) is 9.91. The van der Waals surface area contributed by atoms with E-state index in [0.717, 1.165) is 22.3 Å². The summed E-state index contributed by atoms with van der Waals surface area (Å²) < 4.78 is 26.9. The molecule has 0 aliphatic carbocycles. The normalized spacial score (nSPS) is 14.2. The maximum atomic E-state index is 7.81. The fraction of sp³-hybridized carbons (Fsp3) is 0.188. The van der Waals surface area contributed by atoms with E-state index in [1.165, 1.54) is 4.57 Å². The molecule has 0 aliphatic heterocycles. The van der Waals surface area contributed by atoms with Gasteiger partial charge in [0.1, 0.15) is 5.69 Å². The molecule has 0 fully saturated rings. The average Bonchev–Trinajstić information content (AvgIpc) is 2.71. The highest BCUT2D eigenvalue weighted by Gasteiger charge is 2.20. The lowest BCUT2D eigenvalue weighted by Gasteiger charge is -2.03. The Bertz CT molecular complexity index is 816. The minimum Gasteiger partial charge on any atom is -0.230 e. The van der Waals surface area contributed by atoms with Crippen LogP contribution in [0.2, 0.25) is 0 Å². The maximum absolute atomic E-state index is 7.81. The van der Waals surface area contributed by atoms with Crippen molar-refractivity contribution in [1.82, 2.24) is 4.57 Å². The van der Waals surface area contributed by atoms with Crippen LogP contribution in [0.25, 0.3) is 16.7 Å². The summed E-state index contributed by atoms with van der Waals surface area (Å²) >= 11 is 0. The summed E-state index contributed by atoms with van der Waals surface area (Å²) in [6, 6.07) is 15.6. The van der Waals surface area contributed by atoms with Crippen LogP contribution in [-0.4, -0.2) is 4.57 Å². The number of benzene rings is 2. The summed E-state index contributed by atoms with van der Waals surface area (Å²) in [5.41, 5.74) is 3.74. The summed E-state index contributed by atoms with van der Waals surface area (Å²) in [7, 11) is 0. The molecule has 0 bridgehead atoms. The van der Waals surface area contributed by atoms with Gasteiger partial charge in [0.25, 0.3) is 5.82 Å². The van der Waals surface area contributed by atoms with Crippen LogP contribution in [0.1, 0.15) is 15.5 Å². The third-order valence-corrected chi connectivity index (χ3v) is 3.37. The van der Waals surface area contributed by atoms with Gasteiger partial charge in [-0.1, -0.05) is 30.3 Å². The molecule has 90 valence electrons. The highest BCUT2D eigenvalue weighted by molar-refractivity contribution is 5.75. The lowest BCUT2D eigenvalue weighted by atomic mass is 10.2. The Hall–Kier alpha value is -2.09. The first kappa shape index (κ1) is 8.09. The number of nitrogens with zero attached hydrogens (tertiary/aromatic N) is 2. The van der Waals surface area contributed by atoms with E-state index in [1.807, 2.05) is 66.9 Å². The van der Waals surface area contributed by atoms with Crippen molar-refractivity contribution in [2.45, 2.75) is 13.8 Å². The van der Waals surface area contributed by atoms with Crippen LogP contribution in [0.3, 0.4) is 0 Å². The molecule has 0 amide bonds. The Kier molecular flexibility index (Phi) is 1.79. The van der Waals surface area contributed by atoms with Crippen LogP contribution in [-0.2, 0) is 6.98 Å². The van der Waals surface area contributed by atoms with Gasteiger partial charge >= 0.3 is 0 Å². The Morgan fingerprint density at radius 1 is 1.00 bits per heavy atom. The van der Waals surface area contributed by atoms with Gasteiger partial charge in [-0.3, -0.25) is 0 Å². The molecule has 1 aromatic heterocycles. The van der Waals surface area contributed by atoms with Crippen LogP contribution >= 0.6 is 0 Å². The number of para-hydroxylation sites is 3. The SMILES string of the molecule is [2H]C([2H])([2H])[n+]1c(C)n(-c2ccccc2C)c2ccccc21. The molecule has 0 aliphatic rings. The van der Waals surface area contributed by atoms with Crippen molar-refractivity contribution < 1.29 is 8.68 Å². The summed E-state index contributed by atoms with van der Waals surface area (Å²) in [6.07, 6.45) is 0. The Morgan fingerprint density at radius 2 is 1.72 bits per heavy atom. The van der Waals surface area contributed by atoms with Crippen molar-refractivity contribution in [3.8, 4) is 5.69 Å². The van der Waals surface area contributed by atoms with Gasteiger partial charge in [-0.15, -0.1) is 0 Å². The fourth-order valence-electron chi connectivity index (χ4n) is 2.41. The van der Waals surface area contributed by atoms with Gasteiger partial charge in [0.05, 0.1) is 11.1 Å². The summed E-state index contributed by atoms with van der Waals surface area (Å²) in [5.74, 6) is 0.700. The van der Waals surface area contributed by atoms with Crippen molar-refractivity contribution in [3.05, 3.63) is 59.9 Å². The molecule has 2 aromatic carbocycles. The van der Waals surface area contributed by atoms with Crippen LogP contribution in [0.15, 0.2) is 48.5 Å². The second-order valence-corrected chi connectivity index (χ2v) is 4.49. The van der Waals surface area contributed by atoms with Crippen molar-refractivity contribution >= 4 is 11.0 Å². The molecule has 0 atom stereocenters. The highest BCUT2D eigenvalue weighted by atomic mass is 15.2. The molecule has 18 heavy (non-hydrogen) atoms. The van der Waals surface area contributed by atoms with Crippen molar-refractivity contribution in [3.63, 3.8) is 0 Å². The number of aryl methyl sites for hydroxylation is 2. The Labute approximate surface area is 111 Å². The summed E-state index contributed by atoms with van der Waals surface area (Å²) in [6.45, 7) is 1.68. The number of fused-ring (bicyclic) bond motifs is 1. The predicted molar refractivity (Wildman–Crippen MR) is 73.9 cm³/mol. The van der Waals surface area contributed by atoms with Crippen LogP contribution in [0.5, 0.6) is 0 Å². The van der Waals surface area contributed by atoms with Gasteiger partial charge in [0.2, 0.25) is 0 Å². The zero-order valence-corrected chi connectivity index (χ0v) is 10.5. The molecule has 3 aromatic rings. The Morgan fingerprint density at radius 3 is 2.50 bits per heavy atom. The standard InChI is InChI=1S/C16H17N2/c1-12-8-4-5-9-14(12)18-13(2)17(3)15-10-6-7-11-16(15)18/h4-11H,1-3H3/q+1/i3D3. The molecule has 0 saturated heterocycles. The van der Waals surface area contributed by atoms with E-state index >= 15 is 0 Å². The second kappa shape index (κ2) is 3.98. The van der Waals surface area contributed by atoms with E-state index in [1.54, 1.807) is 0 Å². The van der Waals surface area contributed by atoms with Crippen molar-refractivity contribution in [2.75, 3.05) is 0 Å². The average molecular weight is 240 g/mol. The number of aromatic nitrogens is 2. The van der Waals surface area contributed by atoms with Crippen LogP contribution in [0, 0.1) is 13.8 Å². The molecule has 1 heterocycles. The largest absolute Gasteiger partial charge is 0.259 e. The van der Waals surface area contributed by atoms with Gasteiger partial charge < -0.3 is 0 Å². The number of imidazole rings is 1. The first-order valence-electron chi connectivity index (χ1n) is 7.50. The highest BCUT2D eigenvalue weighted by Crippen LogP contribution is 2.21. The molecule has 0 radical (unpaired) electrons. The zero-order chi connectivity index (χ0) is 15.2. The van der Waals surface area contributed by atoms with E-state index in [-0.39, 0.29) is 0 Å². The lowest BCUT2D eigenvalue weighted by Crippen LogP contribution is -2.30. The van der Waals surface area contributed by atoms with Gasteiger partial charge in [-0.2, -0.15) is 4.57 Å². The van der Waals surface area contributed by atoms with Gasteiger partial charge in [-0.25, -0.2) is 4.57 Å². The van der Waals surface area contributed by atoms with Gasteiger partial charge in [0, 0.05) is 6.92 Å². The smallest absolute Gasteiger partial charge is 0.230 e. The van der Waals surface area contributed by atoms with E-state index in [2.05, 4.69) is 0 Å². The zero-order valence-electron chi connectivity index (χ0n) is 13.5. The number of hydrogen-bond donors (Lipinski definition) is 0. The maximum Gasteiger partial charge on any atom is 0.259 e. The molecule has 3 rings (SSSR count). The first-order valence-corrected chi connectivity index (χ1v) is 6.00. The van der Waals surface area contributed by atoms with Crippen molar-refractivity contribution in [2.24, 2.45) is 6.98 Å². The third kappa shape index (κ3) is 1.46. The van der Waals surface area contributed by atoms with E-state index in [4.69, 9.17) is 4.11 Å². The van der Waals surface area contributed by atoms with Crippen LogP contribution in [0.4, 0.5) is 0 Å². The molecular formula is C16H17N2+. The predicted octanol–water partition coefficient (Wildman–Crippen LogP) is 3.07. The number of hydrogen-bond acceptors (Lipinski definition) is 0. The molecule has 0 N–H and O–H groups in total. The van der Waals surface area contributed by atoms with Gasteiger partial charge in [0.15, 0.2) is 11.0 Å². The lowest BCUT2D eigenvalue weighted by molar-refractivity contribution is -0.652. The van der Waals surface area contributed by atoms with Gasteiger partial charge in [-0.05, 0) is 30.7 Å². The number of rotatable bonds is 1. The Balaban J connectivity index is 2.45. The van der Waals surface area contributed by atoms with E-state index in [0.29, 0.717) is 5.82 Å². The van der Waals surface area contributed by atoms with E-state index in [9.17, 15) is 0 Å². The van der Waals surface area contributed by atoms with Crippen LogP contribution < -0.4 is 4.57 Å². The summed E-state index contributed by atoms with van der Waals surface area (Å²) in [4.78, 5) is 0. The quantitative estimate of drug-likeness (QED) is 0.578. The monoisotopic (exact) mass is 240 g/mol. The topological polar surface area (TPSA) is 8.81 Å². The molecule has 0 unspecified atom stereocenters. The fourth-order valence-corrected chi connectivity index (χ4v) is 2.41. The molecule has 2 nitrogen and oxygen atoms in total. The van der Waals surface area contributed by atoms with E-state index < -0.39 is 6.98 Å². The third-order valence-electron chi connectivity index (χ3n) is 3.37. The van der Waals surface area contributed by atoms with Crippen molar-refractivity contribution in [1.29, 1.82) is 0 Å². The molecule has 0 saturated carbocycles. The molecular weight excluding hydrogens is 220 g/mol. The minimum atomic E-state index is -2.20. The molecule has 2 heteroatoms. The summed E-state index contributed by atoms with van der Waals surface area (Å²) in [5, 5.41) is 0. The molecule has 0 spiro atoms. The minimum absolute atomic E-state index is 0.700. The second-order valence-electron chi connectivity index (χ2n) is 4.49.